The molecule has 0 fully saturated rings. The van der Waals surface area contributed by atoms with Crippen LogP contribution in [-0.2, 0) is 13.7 Å². The molecule has 0 unspecified atom stereocenters. The van der Waals surface area contributed by atoms with Crippen molar-refractivity contribution in [2.24, 2.45) is 7.05 Å². The molecule has 0 atom stereocenters. The average molecular weight is 343 g/mol. The summed E-state index contributed by atoms with van der Waals surface area (Å²) in [7, 11) is 1.76. The highest BCUT2D eigenvalue weighted by Crippen LogP contribution is 2.24. The van der Waals surface area contributed by atoms with Gasteiger partial charge in [-0.05, 0) is 41.1 Å². The number of ether oxygens (including phenoxy) is 1. The van der Waals surface area contributed by atoms with Crippen LogP contribution >= 0.6 is 15.9 Å². The summed E-state index contributed by atoms with van der Waals surface area (Å²) < 4.78 is 21.5. The Hall–Kier alpha value is -1.89. The molecule has 0 saturated carbocycles. The highest BCUT2D eigenvalue weighted by atomic mass is 79.9. The van der Waals surface area contributed by atoms with Crippen LogP contribution in [0, 0.1) is 12.7 Å². The summed E-state index contributed by atoms with van der Waals surface area (Å²) in [5.41, 5.74) is 1.46. The third-order valence-corrected chi connectivity index (χ3v) is 3.84. The smallest absolute Gasteiger partial charge is 0.335 e. The van der Waals surface area contributed by atoms with E-state index in [1.807, 2.05) is 6.92 Å². The zero-order valence-corrected chi connectivity index (χ0v) is 12.4. The lowest BCUT2D eigenvalue weighted by molar-refractivity contribution is 0.0696. The van der Waals surface area contributed by atoms with Gasteiger partial charge in [-0.25, -0.2) is 9.18 Å². The lowest BCUT2D eigenvalue weighted by Gasteiger charge is -2.08. The van der Waals surface area contributed by atoms with Crippen molar-refractivity contribution in [3.05, 3.63) is 45.4 Å². The van der Waals surface area contributed by atoms with E-state index in [-0.39, 0.29) is 17.9 Å². The number of carboxylic acids is 1. The lowest BCUT2D eigenvalue weighted by Crippen LogP contribution is -2.05. The molecule has 1 aromatic carbocycles. The molecule has 0 spiro atoms. The van der Waals surface area contributed by atoms with Gasteiger partial charge in [-0.15, -0.1) is 0 Å². The van der Waals surface area contributed by atoms with Crippen LogP contribution in [-0.4, -0.2) is 20.9 Å². The normalized spacial score (nSPS) is 10.6. The maximum atomic E-state index is 13.7. The van der Waals surface area contributed by atoms with Crippen molar-refractivity contribution >= 4 is 21.9 Å². The topological polar surface area (TPSA) is 64.4 Å². The Labute approximate surface area is 123 Å². The molecular formula is C13H12BrFN2O3. The van der Waals surface area contributed by atoms with Crippen molar-refractivity contribution < 1.29 is 19.0 Å². The number of halogens is 2. The fraction of sp³-hybridized carbons (Fsp3) is 0.231. The maximum absolute atomic E-state index is 13.7. The second kappa shape index (κ2) is 5.62. The quantitative estimate of drug-likeness (QED) is 0.927. The van der Waals surface area contributed by atoms with Gasteiger partial charge in [0, 0.05) is 7.05 Å². The molecule has 1 aromatic heterocycles. The number of hydrogen-bond donors (Lipinski definition) is 1. The van der Waals surface area contributed by atoms with Gasteiger partial charge in [0.2, 0.25) is 0 Å². The molecule has 5 nitrogen and oxygen atoms in total. The second-order valence-electron chi connectivity index (χ2n) is 4.21. The molecule has 1 N–H and O–H groups in total. The molecule has 0 bridgehead atoms. The number of aromatic carboxylic acids is 1. The predicted octanol–water partition coefficient (Wildman–Crippen LogP) is 2.91. The Morgan fingerprint density at radius 1 is 1.55 bits per heavy atom. The number of hydrogen-bond acceptors (Lipinski definition) is 3. The highest BCUT2D eigenvalue weighted by molar-refractivity contribution is 9.10. The summed E-state index contributed by atoms with van der Waals surface area (Å²) in [6.07, 6.45) is 0. The molecule has 2 aromatic rings. The summed E-state index contributed by atoms with van der Waals surface area (Å²) in [4.78, 5) is 10.7. The maximum Gasteiger partial charge on any atom is 0.335 e. The first-order valence-corrected chi connectivity index (χ1v) is 6.53. The van der Waals surface area contributed by atoms with E-state index in [0.29, 0.717) is 0 Å². The van der Waals surface area contributed by atoms with Crippen LogP contribution in [0.5, 0.6) is 5.75 Å². The van der Waals surface area contributed by atoms with Gasteiger partial charge < -0.3 is 9.84 Å². The van der Waals surface area contributed by atoms with E-state index in [4.69, 9.17) is 9.84 Å². The third-order valence-electron chi connectivity index (χ3n) is 2.80. The van der Waals surface area contributed by atoms with E-state index >= 15 is 0 Å². The molecule has 106 valence electrons. The summed E-state index contributed by atoms with van der Waals surface area (Å²) in [5, 5.41) is 13.0. The molecule has 0 aliphatic rings. The first kappa shape index (κ1) is 14.5. The highest BCUT2D eigenvalue weighted by Gasteiger charge is 2.13. The first-order valence-electron chi connectivity index (χ1n) is 5.73. The van der Waals surface area contributed by atoms with Gasteiger partial charge in [0.25, 0.3) is 0 Å². The number of aryl methyl sites for hydroxylation is 2. The van der Waals surface area contributed by atoms with Crippen LogP contribution in [0.4, 0.5) is 4.39 Å². The SMILES string of the molecule is Cc1nn(C)c(COc2ccc(C(=O)O)cc2F)c1Br. The molecule has 20 heavy (non-hydrogen) atoms. The van der Waals surface area contributed by atoms with Crippen LogP contribution in [0.15, 0.2) is 22.7 Å². The monoisotopic (exact) mass is 342 g/mol. The van der Waals surface area contributed by atoms with Crippen molar-refractivity contribution in [1.29, 1.82) is 0 Å². The minimum atomic E-state index is -1.18. The van der Waals surface area contributed by atoms with E-state index in [1.54, 1.807) is 11.7 Å². The fourth-order valence-corrected chi connectivity index (χ4v) is 2.18. The molecule has 0 amide bonds. The summed E-state index contributed by atoms with van der Waals surface area (Å²) in [5.74, 6) is -1.89. The molecule has 0 aliphatic heterocycles. The summed E-state index contributed by atoms with van der Waals surface area (Å²) in [6, 6.07) is 3.53. The van der Waals surface area contributed by atoms with Crippen molar-refractivity contribution in [2.75, 3.05) is 0 Å². The van der Waals surface area contributed by atoms with Gasteiger partial charge in [-0.1, -0.05) is 0 Å². The van der Waals surface area contributed by atoms with E-state index in [9.17, 15) is 9.18 Å². The van der Waals surface area contributed by atoms with Gasteiger partial charge in [0.15, 0.2) is 11.6 Å². The first-order chi connectivity index (χ1) is 9.40. The van der Waals surface area contributed by atoms with Crippen molar-refractivity contribution in [3.8, 4) is 5.75 Å². The largest absolute Gasteiger partial charge is 0.484 e. The van der Waals surface area contributed by atoms with E-state index in [2.05, 4.69) is 21.0 Å². The van der Waals surface area contributed by atoms with Crippen LogP contribution < -0.4 is 4.74 Å². The number of carboxylic acid groups (broad SMARTS) is 1. The van der Waals surface area contributed by atoms with E-state index in [1.165, 1.54) is 12.1 Å². The molecular weight excluding hydrogens is 331 g/mol. The van der Waals surface area contributed by atoms with Crippen LogP contribution in [0.2, 0.25) is 0 Å². The van der Waals surface area contributed by atoms with Gasteiger partial charge in [0.1, 0.15) is 6.61 Å². The van der Waals surface area contributed by atoms with Crippen molar-refractivity contribution in [1.82, 2.24) is 9.78 Å². The van der Waals surface area contributed by atoms with Crippen molar-refractivity contribution in [3.63, 3.8) is 0 Å². The number of benzene rings is 1. The molecule has 0 radical (unpaired) electrons. The third kappa shape index (κ3) is 2.82. The summed E-state index contributed by atoms with van der Waals surface area (Å²) in [6.45, 7) is 1.97. The Kier molecular flexibility index (Phi) is 4.08. The Morgan fingerprint density at radius 2 is 2.25 bits per heavy atom. The number of rotatable bonds is 4. The second-order valence-corrected chi connectivity index (χ2v) is 5.00. The van der Waals surface area contributed by atoms with Gasteiger partial charge in [-0.3, -0.25) is 4.68 Å². The molecule has 1 heterocycles. The van der Waals surface area contributed by atoms with Crippen LogP contribution in [0.1, 0.15) is 21.7 Å². The minimum Gasteiger partial charge on any atom is -0.484 e. The van der Waals surface area contributed by atoms with Crippen molar-refractivity contribution in [2.45, 2.75) is 13.5 Å². The summed E-state index contributed by atoms with van der Waals surface area (Å²) >= 11 is 3.39. The number of nitrogens with zero attached hydrogens (tertiary/aromatic N) is 2. The lowest BCUT2D eigenvalue weighted by atomic mass is 10.2. The Bertz CT molecular complexity index is 670. The number of carbonyl (C=O) groups is 1. The van der Waals surface area contributed by atoms with Crippen LogP contribution in [0.3, 0.4) is 0 Å². The van der Waals surface area contributed by atoms with Gasteiger partial charge in [-0.2, -0.15) is 5.10 Å². The average Bonchev–Trinajstić information content (AvgIpc) is 2.62. The fourth-order valence-electron chi connectivity index (χ4n) is 1.73. The van der Waals surface area contributed by atoms with Gasteiger partial charge in [0.05, 0.1) is 21.4 Å². The molecule has 2 rings (SSSR count). The molecule has 0 aliphatic carbocycles. The minimum absolute atomic E-state index is 0.000697. The molecule has 7 heteroatoms. The van der Waals surface area contributed by atoms with E-state index in [0.717, 1.165) is 21.9 Å². The Morgan fingerprint density at radius 3 is 2.75 bits per heavy atom. The Balaban J connectivity index is 2.17. The van der Waals surface area contributed by atoms with E-state index < -0.39 is 11.8 Å². The predicted molar refractivity (Wildman–Crippen MR) is 73.3 cm³/mol. The van der Waals surface area contributed by atoms with Gasteiger partial charge >= 0.3 is 5.97 Å². The standard InChI is InChI=1S/C13H12BrFN2O3/c1-7-12(14)10(17(2)16-7)6-20-11-4-3-8(13(18)19)5-9(11)15/h3-5H,6H2,1-2H3,(H,18,19). The zero-order chi connectivity index (χ0) is 14.9. The molecule has 0 saturated heterocycles. The zero-order valence-electron chi connectivity index (χ0n) is 10.9. The number of aromatic nitrogens is 2. The van der Waals surface area contributed by atoms with Crippen LogP contribution in [0.25, 0.3) is 0 Å².